The summed E-state index contributed by atoms with van der Waals surface area (Å²) in [4.78, 5) is 109. The van der Waals surface area contributed by atoms with Gasteiger partial charge >= 0.3 is 0 Å². The van der Waals surface area contributed by atoms with Crippen LogP contribution in [0.4, 0.5) is 5.69 Å². The monoisotopic (exact) mass is 989 g/mol. The number of nitrogens with one attached hydrogen (secondary N) is 5. The molecule has 70 heavy (non-hydrogen) atoms. The van der Waals surface area contributed by atoms with Gasteiger partial charge in [0.2, 0.25) is 47.3 Å². The third-order valence-electron chi connectivity index (χ3n) is 13.0. The molecule has 9 N–H and O–H groups in total. The molecule has 1 aromatic rings. The van der Waals surface area contributed by atoms with Crippen LogP contribution >= 0.6 is 0 Å². The average Bonchev–Trinajstić information content (AvgIpc) is 3.79. The Hall–Kier alpha value is -5.22. The lowest BCUT2D eigenvalue weighted by Crippen LogP contribution is -2.57. The fourth-order valence-corrected chi connectivity index (χ4v) is 9.12. The number of ether oxygens (including phenoxy) is 3. The first-order chi connectivity index (χ1) is 32.9. The lowest BCUT2D eigenvalue weighted by Gasteiger charge is -2.40. The highest BCUT2D eigenvalue weighted by Gasteiger charge is 2.43. The molecular weight excluding hydrogens is 905 g/mol. The first-order valence-corrected chi connectivity index (χ1v) is 24.3. The Bertz CT molecular complexity index is 1880. The highest BCUT2D eigenvalue weighted by atomic mass is 16.5. The standard InChI is InChI=1S/C49H84N10O11/c1-14-30(6)44(58(11)49(67)32(8)53-48(66)43(29(4)5)57(9)10)37(68-12)23-41(63)59-21-15-16-36(59)45(69-13)31(7)46(64)55-35(24-50)22-33-17-19-34(20-18-33)54-39(61)25-52-47(65)42(28(2)3)56-40(62)27-70-26-38(51)60/h17-20,28-32,35-37,42-45H,14-16,21-27,50H2,1-13H3,(H2,51,60)(H,52,65)(H,53,66)(H,54,61)(H,55,64)(H,56,62)/t30-,31+,32-,35-,36-,37+,42-,43-,44-,45+/m0/s1. The van der Waals surface area contributed by atoms with Crippen LogP contribution in [0.5, 0.6) is 0 Å². The van der Waals surface area contributed by atoms with E-state index in [9.17, 15) is 38.4 Å². The molecule has 1 aliphatic rings. The van der Waals surface area contributed by atoms with Gasteiger partial charge in [-0.15, -0.1) is 0 Å². The van der Waals surface area contributed by atoms with E-state index in [2.05, 4.69) is 26.6 Å². The number of hydrogen-bond donors (Lipinski definition) is 7. The van der Waals surface area contributed by atoms with Gasteiger partial charge in [-0.3, -0.25) is 43.3 Å². The summed E-state index contributed by atoms with van der Waals surface area (Å²) in [7, 11) is 8.40. The lowest BCUT2D eigenvalue weighted by atomic mass is 9.90. The summed E-state index contributed by atoms with van der Waals surface area (Å²) < 4.78 is 16.9. The van der Waals surface area contributed by atoms with Crippen LogP contribution in [0.15, 0.2) is 24.3 Å². The molecule has 1 saturated heterocycles. The predicted molar refractivity (Wildman–Crippen MR) is 266 cm³/mol. The fourth-order valence-electron chi connectivity index (χ4n) is 9.12. The van der Waals surface area contributed by atoms with Crippen LogP contribution in [0.2, 0.25) is 0 Å². The smallest absolute Gasteiger partial charge is 0.246 e. The number of primary amides is 1. The topological polar surface area (TPSA) is 286 Å². The van der Waals surface area contributed by atoms with E-state index >= 15 is 0 Å². The number of methoxy groups -OCH3 is 2. The number of hydrogen-bond acceptors (Lipinski definition) is 13. The number of amides is 8. The summed E-state index contributed by atoms with van der Waals surface area (Å²) in [5.74, 6) is -4.44. The second-order valence-corrected chi connectivity index (χ2v) is 19.3. The van der Waals surface area contributed by atoms with Crippen LogP contribution in [0, 0.1) is 23.7 Å². The molecule has 10 atom stereocenters. The number of carbonyl (C=O) groups excluding carboxylic acids is 8. The number of benzene rings is 1. The molecule has 1 aromatic carbocycles. The van der Waals surface area contributed by atoms with Crippen molar-refractivity contribution in [3.8, 4) is 0 Å². The van der Waals surface area contributed by atoms with Crippen LogP contribution in [0.25, 0.3) is 0 Å². The Balaban J connectivity index is 2.06. The van der Waals surface area contributed by atoms with E-state index < -0.39 is 91.2 Å². The zero-order valence-corrected chi connectivity index (χ0v) is 43.8. The Morgan fingerprint density at radius 2 is 1.46 bits per heavy atom. The van der Waals surface area contributed by atoms with E-state index in [0.717, 1.165) is 5.56 Å². The lowest BCUT2D eigenvalue weighted by molar-refractivity contribution is -0.147. The van der Waals surface area contributed by atoms with Crippen molar-refractivity contribution in [3.05, 3.63) is 29.8 Å². The van der Waals surface area contributed by atoms with Crippen molar-refractivity contribution in [3.63, 3.8) is 0 Å². The number of likely N-dealkylation sites (tertiary alicyclic amines) is 1. The van der Waals surface area contributed by atoms with Crippen LogP contribution < -0.4 is 38.1 Å². The summed E-state index contributed by atoms with van der Waals surface area (Å²) in [6, 6.07) is 3.43. The second-order valence-electron chi connectivity index (χ2n) is 19.3. The van der Waals surface area contributed by atoms with Gasteiger partial charge < -0.3 is 62.1 Å². The van der Waals surface area contributed by atoms with Gasteiger partial charge in [0.05, 0.1) is 49.2 Å². The largest absolute Gasteiger partial charge is 0.379 e. The van der Waals surface area contributed by atoms with E-state index in [1.165, 1.54) is 14.2 Å². The number of carbonyl (C=O) groups is 8. The molecule has 0 saturated carbocycles. The normalized spacial score (nSPS) is 17.6. The van der Waals surface area contributed by atoms with Crippen LogP contribution in [-0.4, -0.2) is 179 Å². The molecule has 2 rings (SSSR count). The summed E-state index contributed by atoms with van der Waals surface area (Å²) in [5, 5.41) is 13.7. The van der Waals surface area contributed by atoms with Gasteiger partial charge in [0.1, 0.15) is 25.3 Å². The molecule has 1 fully saturated rings. The summed E-state index contributed by atoms with van der Waals surface area (Å²) in [5.41, 5.74) is 12.5. The zero-order chi connectivity index (χ0) is 53.0. The molecular formula is C49H84N10O11. The van der Waals surface area contributed by atoms with Crippen molar-refractivity contribution < 1.29 is 52.6 Å². The van der Waals surface area contributed by atoms with Gasteiger partial charge in [0.15, 0.2) is 0 Å². The number of nitrogens with zero attached hydrogens (tertiary/aromatic N) is 3. The van der Waals surface area contributed by atoms with Crippen molar-refractivity contribution in [2.45, 2.75) is 136 Å². The molecule has 21 heteroatoms. The highest BCUT2D eigenvalue weighted by molar-refractivity contribution is 5.96. The Morgan fingerprint density at radius 3 is 1.99 bits per heavy atom. The maximum atomic E-state index is 14.3. The number of anilines is 1. The van der Waals surface area contributed by atoms with Crippen LogP contribution in [0.1, 0.15) is 86.6 Å². The van der Waals surface area contributed by atoms with Crippen LogP contribution in [-0.2, 0) is 59.0 Å². The summed E-state index contributed by atoms with van der Waals surface area (Å²) in [6.07, 6.45) is 1.11. The minimum atomic E-state index is -0.955. The van der Waals surface area contributed by atoms with Gasteiger partial charge in [-0.1, -0.05) is 67.0 Å². The molecule has 0 unspecified atom stereocenters. The molecule has 0 radical (unpaired) electrons. The van der Waals surface area contributed by atoms with E-state index in [0.29, 0.717) is 37.9 Å². The van der Waals surface area contributed by atoms with E-state index in [1.54, 1.807) is 68.8 Å². The number of likely N-dealkylation sites (N-methyl/N-ethyl adjacent to an activating group) is 2. The molecule has 1 aliphatic heterocycles. The quantitative estimate of drug-likeness (QED) is 0.0550. The van der Waals surface area contributed by atoms with Crippen molar-refractivity contribution >= 4 is 52.9 Å². The fraction of sp³-hybridized carbons (Fsp3) is 0.714. The highest BCUT2D eigenvalue weighted by Crippen LogP contribution is 2.29. The Morgan fingerprint density at radius 1 is 0.814 bits per heavy atom. The van der Waals surface area contributed by atoms with E-state index in [-0.39, 0.29) is 60.9 Å². The third-order valence-corrected chi connectivity index (χ3v) is 13.0. The minimum Gasteiger partial charge on any atom is -0.379 e. The van der Waals surface area contributed by atoms with Gasteiger partial charge in [-0.05, 0) is 75.7 Å². The first kappa shape index (κ1) is 60.9. The van der Waals surface area contributed by atoms with Gasteiger partial charge in [0.25, 0.3) is 0 Å². The maximum absolute atomic E-state index is 14.3. The van der Waals surface area contributed by atoms with Gasteiger partial charge in [-0.2, -0.15) is 0 Å². The molecule has 0 spiro atoms. The number of rotatable bonds is 30. The third kappa shape index (κ3) is 18.5. The number of nitrogens with two attached hydrogens (primary N) is 2. The summed E-state index contributed by atoms with van der Waals surface area (Å²) >= 11 is 0. The molecule has 21 nitrogen and oxygen atoms in total. The average molecular weight is 989 g/mol. The van der Waals surface area contributed by atoms with Crippen molar-refractivity contribution in [1.82, 2.24) is 36.0 Å². The van der Waals surface area contributed by atoms with Crippen LogP contribution in [0.3, 0.4) is 0 Å². The van der Waals surface area contributed by atoms with Gasteiger partial charge in [-0.25, -0.2) is 0 Å². The predicted octanol–water partition coefficient (Wildman–Crippen LogP) is 0.381. The van der Waals surface area contributed by atoms with E-state index in [1.807, 2.05) is 46.7 Å². The molecule has 1 heterocycles. The molecule has 0 bridgehead atoms. The van der Waals surface area contributed by atoms with E-state index in [4.69, 9.17) is 25.7 Å². The van der Waals surface area contributed by atoms with Crippen molar-refractivity contribution in [2.24, 2.45) is 35.1 Å². The minimum absolute atomic E-state index is 0.0134. The molecule has 0 aromatic heterocycles. The first-order valence-electron chi connectivity index (χ1n) is 24.3. The van der Waals surface area contributed by atoms with Crippen molar-refractivity contribution in [1.29, 1.82) is 0 Å². The Kier molecular flexibility index (Phi) is 26.0. The SMILES string of the molecule is CC[C@H](C)[C@@H]([C@@H](CC(=O)N1CCC[C@H]1[C@H](OC)[C@@H](C)C(=O)N[C@H](CN)Cc1ccc(NC(=O)CNC(=O)[C@@H](NC(=O)COCC(N)=O)C(C)C)cc1)OC)N(C)C(=O)[C@H](C)NC(=O)[C@H](C(C)C)N(C)C. The molecule has 396 valence electrons. The Labute approximate surface area is 414 Å². The maximum Gasteiger partial charge on any atom is 0.246 e. The summed E-state index contributed by atoms with van der Waals surface area (Å²) in [6.45, 7) is 14.1. The van der Waals surface area contributed by atoms with Gasteiger partial charge in [0, 0.05) is 46.1 Å². The van der Waals surface area contributed by atoms with Crippen molar-refractivity contribution in [2.75, 3.05) is 73.5 Å². The second kappa shape index (κ2) is 29.8. The molecule has 8 amide bonds. The zero-order valence-electron chi connectivity index (χ0n) is 43.8. The molecule has 0 aliphatic carbocycles.